The number of carbonyl (C=O) groups is 1. The first-order chi connectivity index (χ1) is 10.2. The fourth-order valence-corrected chi connectivity index (χ4v) is 3.81. The number of aromatic nitrogens is 1. The van der Waals surface area contributed by atoms with Gasteiger partial charge in [0.2, 0.25) is 0 Å². The molecular weight excluding hydrogens is 350 g/mol. The van der Waals surface area contributed by atoms with Crippen molar-refractivity contribution in [1.29, 1.82) is 0 Å². The molecule has 0 radical (unpaired) electrons. The third kappa shape index (κ3) is 5.18. The number of rotatable bonds is 6. The van der Waals surface area contributed by atoms with Crippen LogP contribution in [-0.4, -0.2) is 35.5 Å². The van der Waals surface area contributed by atoms with Gasteiger partial charge in [-0.3, -0.25) is 4.79 Å². The second-order valence-corrected chi connectivity index (χ2v) is 7.38. The topological polar surface area (TPSA) is 54.0 Å². The summed E-state index contributed by atoms with van der Waals surface area (Å²) in [6, 6.07) is 1.83. The van der Waals surface area contributed by atoms with Crippen molar-refractivity contribution in [3.05, 3.63) is 22.3 Å². The van der Waals surface area contributed by atoms with Crippen LogP contribution in [0.15, 0.2) is 16.7 Å². The predicted octanol–water partition coefficient (Wildman–Crippen LogP) is 3.54. The second-order valence-electron chi connectivity index (χ2n) is 5.24. The van der Waals surface area contributed by atoms with Crippen molar-refractivity contribution in [1.82, 2.24) is 10.3 Å². The first-order valence-electron chi connectivity index (χ1n) is 7.46. The van der Waals surface area contributed by atoms with Gasteiger partial charge in [0, 0.05) is 23.8 Å². The maximum atomic E-state index is 12.4. The van der Waals surface area contributed by atoms with E-state index < -0.39 is 0 Å². The molecule has 1 aliphatic rings. The highest BCUT2D eigenvalue weighted by Gasteiger charge is 2.17. The molecular formula is C15H22BrN3OS. The molecule has 1 aromatic rings. The van der Waals surface area contributed by atoms with Crippen LogP contribution in [0.25, 0.3) is 0 Å². The van der Waals surface area contributed by atoms with Crippen molar-refractivity contribution in [3.63, 3.8) is 0 Å². The summed E-state index contributed by atoms with van der Waals surface area (Å²) >= 11 is 5.39. The van der Waals surface area contributed by atoms with Gasteiger partial charge in [-0.25, -0.2) is 4.98 Å². The molecule has 116 valence electrons. The van der Waals surface area contributed by atoms with Crippen LogP contribution in [0, 0.1) is 5.92 Å². The van der Waals surface area contributed by atoms with Gasteiger partial charge in [0.15, 0.2) is 0 Å². The fourth-order valence-electron chi connectivity index (χ4n) is 2.28. The van der Waals surface area contributed by atoms with Crippen molar-refractivity contribution < 1.29 is 4.79 Å². The average molecular weight is 372 g/mol. The summed E-state index contributed by atoms with van der Waals surface area (Å²) in [5.41, 5.74) is 0.614. The summed E-state index contributed by atoms with van der Waals surface area (Å²) in [5, 5.41) is 6.28. The van der Waals surface area contributed by atoms with Crippen LogP contribution >= 0.6 is 27.7 Å². The Hall–Kier alpha value is -0.750. The molecule has 1 aromatic heterocycles. The second kappa shape index (κ2) is 8.63. The molecule has 4 nitrogen and oxygen atoms in total. The minimum atomic E-state index is -0.0411. The highest BCUT2D eigenvalue weighted by Crippen LogP contribution is 2.22. The summed E-state index contributed by atoms with van der Waals surface area (Å²) in [4.78, 5) is 16.7. The van der Waals surface area contributed by atoms with Crippen LogP contribution in [0.4, 0.5) is 5.82 Å². The lowest BCUT2D eigenvalue weighted by Crippen LogP contribution is -2.31. The van der Waals surface area contributed by atoms with Crippen molar-refractivity contribution in [2.45, 2.75) is 26.2 Å². The van der Waals surface area contributed by atoms with Crippen LogP contribution in [0.1, 0.15) is 36.5 Å². The van der Waals surface area contributed by atoms with Crippen LogP contribution in [0.3, 0.4) is 0 Å². The molecule has 1 amide bonds. The number of carbonyl (C=O) groups excluding carboxylic acids is 1. The van der Waals surface area contributed by atoms with Crippen LogP contribution < -0.4 is 10.6 Å². The zero-order chi connectivity index (χ0) is 15.1. The number of hydrogen-bond donors (Lipinski definition) is 2. The van der Waals surface area contributed by atoms with Gasteiger partial charge in [-0.2, -0.15) is 11.8 Å². The SMILES string of the molecule is CCCNc1ncc(Br)cc1C(=O)NCC1CCSCC1. The Morgan fingerprint density at radius 3 is 2.95 bits per heavy atom. The predicted molar refractivity (Wildman–Crippen MR) is 93.1 cm³/mol. The maximum absolute atomic E-state index is 12.4. The third-order valence-electron chi connectivity index (χ3n) is 3.53. The van der Waals surface area contributed by atoms with Crippen LogP contribution in [0.2, 0.25) is 0 Å². The highest BCUT2D eigenvalue weighted by atomic mass is 79.9. The molecule has 0 saturated carbocycles. The molecule has 21 heavy (non-hydrogen) atoms. The van der Waals surface area contributed by atoms with E-state index in [1.54, 1.807) is 6.20 Å². The highest BCUT2D eigenvalue weighted by molar-refractivity contribution is 9.10. The Balaban J connectivity index is 1.97. The first-order valence-corrected chi connectivity index (χ1v) is 9.40. The fraction of sp³-hybridized carbons (Fsp3) is 0.600. The Kier molecular flexibility index (Phi) is 6.83. The van der Waals surface area contributed by atoms with Gasteiger partial charge in [-0.15, -0.1) is 0 Å². The minimum absolute atomic E-state index is 0.0411. The van der Waals surface area contributed by atoms with Crippen LogP contribution in [0.5, 0.6) is 0 Å². The number of thioether (sulfide) groups is 1. The molecule has 0 atom stereocenters. The van der Waals surface area contributed by atoms with Crippen molar-refractivity contribution in [2.75, 3.05) is 29.9 Å². The number of pyridine rings is 1. The molecule has 6 heteroatoms. The summed E-state index contributed by atoms with van der Waals surface area (Å²) in [7, 11) is 0. The van der Waals surface area contributed by atoms with E-state index in [1.165, 1.54) is 24.3 Å². The van der Waals surface area contributed by atoms with Gasteiger partial charge in [-0.05, 0) is 58.7 Å². The molecule has 2 heterocycles. The molecule has 1 fully saturated rings. The van der Waals surface area contributed by atoms with E-state index in [2.05, 4.69) is 38.5 Å². The lowest BCUT2D eigenvalue weighted by molar-refractivity contribution is 0.0947. The number of hydrogen-bond acceptors (Lipinski definition) is 4. The maximum Gasteiger partial charge on any atom is 0.255 e. The Bertz CT molecular complexity index is 478. The van der Waals surface area contributed by atoms with Gasteiger partial charge < -0.3 is 10.6 Å². The van der Waals surface area contributed by atoms with Gasteiger partial charge >= 0.3 is 0 Å². The monoisotopic (exact) mass is 371 g/mol. The molecule has 2 N–H and O–H groups in total. The number of halogens is 1. The lowest BCUT2D eigenvalue weighted by atomic mass is 10.0. The summed E-state index contributed by atoms with van der Waals surface area (Å²) < 4.78 is 0.823. The van der Waals surface area contributed by atoms with Crippen LogP contribution in [-0.2, 0) is 0 Å². The molecule has 2 rings (SSSR count). The molecule has 1 saturated heterocycles. The smallest absolute Gasteiger partial charge is 0.255 e. The summed E-state index contributed by atoms with van der Waals surface area (Å²) in [5.74, 6) is 3.66. The zero-order valence-corrected chi connectivity index (χ0v) is 14.7. The van der Waals surface area contributed by atoms with Gasteiger partial charge in [-0.1, -0.05) is 6.92 Å². The van der Waals surface area contributed by atoms with E-state index in [-0.39, 0.29) is 5.91 Å². The first kappa shape index (κ1) is 16.6. The van der Waals surface area contributed by atoms with E-state index in [0.29, 0.717) is 17.3 Å². The van der Waals surface area contributed by atoms with E-state index in [0.717, 1.165) is 24.0 Å². The van der Waals surface area contributed by atoms with Crippen molar-refractivity contribution >= 4 is 39.4 Å². The summed E-state index contributed by atoms with van der Waals surface area (Å²) in [6.45, 7) is 3.67. The molecule has 0 unspecified atom stereocenters. The van der Waals surface area contributed by atoms with Crippen molar-refractivity contribution in [3.8, 4) is 0 Å². The van der Waals surface area contributed by atoms with E-state index in [9.17, 15) is 4.79 Å². The van der Waals surface area contributed by atoms with Gasteiger partial charge in [0.25, 0.3) is 5.91 Å². The molecule has 1 aliphatic heterocycles. The Labute approximate surface area is 139 Å². The number of nitrogens with zero attached hydrogens (tertiary/aromatic N) is 1. The van der Waals surface area contributed by atoms with E-state index in [1.807, 2.05) is 17.8 Å². The van der Waals surface area contributed by atoms with E-state index >= 15 is 0 Å². The van der Waals surface area contributed by atoms with E-state index in [4.69, 9.17) is 0 Å². The standard InChI is InChI=1S/C15H22BrN3OS/c1-2-5-17-14-13(8-12(16)10-18-14)15(20)19-9-11-3-6-21-7-4-11/h8,10-11H,2-7,9H2,1H3,(H,17,18)(H,19,20). The third-order valence-corrected chi connectivity index (χ3v) is 5.02. The molecule has 0 aromatic carbocycles. The Morgan fingerprint density at radius 2 is 2.24 bits per heavy atom. The molecule has 0 spiro atoms. The number of nitrogens with one attached hydrogen (secondary N) is 2. The molecule has 0 aliphatic carbocycles. The molecule has 0 bridgehead atoms. The average Bonchev–Trinajstić information content (AvgIpc) is 2.52. The largest absolute Gasteiger partial charge is 0.369 e. The van der Waals surface area contributed by atoms with Crippen molar-refractivity contribution in [2.24, 2.45) is 5.92 Å². The van der Waals surface area contributed by atoms with Gasteiger partial charge in [0.1, 0.15) is 5.82 Å². The summed E-state index contributed by atoms with van der Waals surface area (Å²) in [6.07, 6.45) is 5.11. The number of amides is 1. The normalized spacial score (nSPS) is 15.7. The minimum Gasteiger partial charge on any atom is -0.369 e. The van der Waals surface area contributed by atoms with Gasteiger partial charge in [0.05, 0.1) is 5.56 Å². The quantitative estimate of drug-likeness (QED) is 0.802. The lowest BCUT2D eigenvalue weighted by Gasteiger charge is -2.21. The Morgan fingerprint density at radius 1 is 1.48 bits per heavy atom. The zero-order valence-electron chi connectivity index (χ0n) is 12.3. The number of anilines is 1.